The molecule has 0 amide bonds. The van der Waals surface area contributed by atoms with Gasteiger partial charge in [0.25, 0.3) is 0 Å². The van der Waals surface area contributed by atoms with Gasteiger partial charge < -0.3 is 4.42 Å². The van der Waals surface area contributed by atoms with Gasteiger partial charge in [-0.1, -0.05) is 89.6 Å². The largest absolute Gasteiger partial charge is 0.456 e. The van der Waals surface area contributed by atoms with Gasteiger partial charge in [-0.05, 0) is 105 Å². The third kappa shape index (κ3) is 4.47. The van der Waals surface area contributed by atoms with Crippen LogP contribution < -0.4 is 0 Å². The number of hydrogen-bond acceptors (Lipinski definition) is 4. The molecule has 0 spiro atoms. The monoisotopic (exact) mass is 686 g/mol. The number of rotatable bonds is 4. The number of nitriles is 1. The zero-order valence-electron chi connectivity index (χ0n) is 25.5. The molecule has 2 aromatic heterocycles. The summed E-state index contributed by atoms with van der Waals surface area (Å²) < 4.78 is 8.56. The van der Waals surface area contributed by atoms with Crippen molar-refractivity contribution in [3.63, 3.8) is 0 Å². The molecule has 0 N–H and O–H groups in total. The highest BCUT2D eigenvalue weighted by Crippen LogP contribution is 2.54. The van der Waals surface area contributed by atoms with Crippen molar-refractivity contribution in [2.24, 2.45) is 4.99 Å². The molecule has 1 aliphatic rings. The van der Waals surface area contributed by atoms with Crippen LogP contribution in [0, 0.1) is 11.3 Å². The molecule has 0 fully saturated rings. The van der Waals surface area contributed by atoms with Crippen molar-refractivity contribution in [2.45, 2.75) is 25.2 Å². The molecule has 3 nitrogen and oxygen atoms in total. The van der Waals surface area contributed by atoms with Gasteiger partial charge in [0, 0.05) is 31.4 Å². The van der Waals surface area contributed by atoms with E-state index in [2.05, 4.69) is 114 Å². The predicted octanol–water partition coefficient (Wildman–Crippen LogP) is 12.7. The van der Waals surface area contributed by atoms with E-state index in [0.717, 1.165) is 60.2 Å². The Labute approximate surface area is 284 Å². The molecule has 6 aromatic carbocycles. The third-order valence-corrected chi connectivity index (χ3v) is 11.5. The fourth-order valence-corrected chi connectivity index (χ4v) is 9.10. The quantitative estimate of drug-likeness (QED) is 0.185. The molecule has 9 rings (SSSR count). The lowest BCUT2D eigenvalue weighted by Gasteiger charge is -2.33. The van der Waals surface area contributed by atoms with E-state index in [1.54, 1.807) is 11.3 Å². The first kappa shape index (κ1) is 28.2. The highest BCUT2D eigenvalue weighted by molar-refractivity contribution is 9.10. The number of benzene rings is 6. The lowest BCUT2D eigenvalue weighted by atomic mass is 9.72. The van der Waals surface area contributed by atoms with Crippen LogP contribution in [0.15, 0.2) is 135 Å². The average Bonchev–Trinajstić information content (AvgIpc) is 3.68. The van der Waals surface area contributed by atoms with Crippen LogP contribution in [0.4, 0.5) is 5.00 Å². The van der Waals surface area contributed by atoms with Gasteiger partial charge in [-0.25, -0.2) is 4.99 Å². The fraction of sp³-hybridized carbons (Fsp3) is 0.0952. The number of halogens is 1. The maximum absolute atomic E-state index is 9.32. The molecule has 0 aliphatic carbocycles. The first-order chi connectivity index (χ1) is 23.1. The molecule has 2 unspecified atom stereocenters. The van der Waals surface area contributed by atoms with E-state index in [9.17, 15) is 5.26 Å². The highest BCUT2D eigenvalue weighted by atomic mass is 79.9. The number of aliphatic imine (C=N–C) groups is 1. The predicted molar refractivity (Wildman–Crippen MR) is 199 cm³/mol. The van der Waals surface area contributed by atoms with Crippen LogP contribution in [0.5, 0.6) is 0 Å². The van der Waals surface area contributed by atoms with Crippen LogP contribution in [0.2, 0.25) is 0 Å². The summed E-state index contributed by atoms with van der Waals surface area (Å²) in [4.78, 5) is 5.59. The zero-order chi connectivity index (χ0) is 31.6. The molecule has 1 aliphatic heterocycles. The van der Waals surface area contributed by atoms with Crippen molar-refractivity contribution in [1.82, 2.24) is 0 Å². The second-order valence-electron chi connectivity index (χ2n) is 12.2. The standard InChI is InChI=1S/C42H27BrN2OS/c1-2-28-39(32-17-18-35(43)30-8-4-3-7-29(30)32)41(27-15-19-37-33(22-27)31-9-5-6-10-36(31)46-37)45-42-40(28)34-21-26(16-20-38(34)47-42)25-13-11-24(23-44)12-14-25/h3-22,28,39H,2H2,1H3. The van der Waals surface area contributed by atoms with Crippen molar-refractivity contribution in [1.29, 1.82) is 5.26 Å². The number of hydrogen-bond donors (Lipinski definition) is 0. The molecule has 0 bridgehead atoms. The Kier molecular flexibility index (Phi) is 6.64. The second-order valence-corrected chi connectivity index (χ2v) is 14.1. The molecule has 0 saturated carbocycles. The summed E-state index contributed by atoms with van der Waals surface area (Å²) in [6, 6.07) is 44.9. The number of fused-ring (bicyclic) bond motifs is 7. The Bertz CT molecular complexity index is 2600. The van der Waals surface area contributed by atoms with Gasteiger partial charge in [0.15, 0.2) is 0 Å². The topological polar surface area (TPSA) is 49.3 Å². The minimum absolute atomic E-state index is 0.0393. The van der Waals surface area contributed by atoms with Crippen molar-refractivity contribution < 1.29 is 4.42 Å². The van der Waals surface area contributed by atoms with Crippen LogP contribution >= 0.6 is 27.3 Å². The first-order valence-corrected chi connectivity index (χ1v) is 17.5. The number of nitrogens with zero attached hydrogens (tertiary/aromatic N) is 2. The number of para-hydroxylation sites is 1. The highest BCUT2D eigenvalue weighted by Gasteiger charge is 2.37. The summed E-state index contributed by atoms with van der Waals surface area (Å²) in [6.07, 6.45) is 0.963. The summed E-state index contributed by atoms with van der Waals surface area (Å²) in [7, 11) is 0. The van der Waals surface area contributed by atoms with E-state index in [1.165, 1.54) is 32.0 Å². The molecular formula is C42H27BrN2OS. The van der Waals surface area contributed by atoms with E-state index in [4.69, 9.17) is 9.41 Å². The maximum atomic E-state index is 9.32. The van der Waals surface area contributed by atoms with Gasteiger partial charge in [-0.3, -0.25) is 0 Å². The van der Waals surface area contributed by atoms with Gasteiger partial charge in [0.05, 0.1) is 17.3 Å². The average molecular weight is 688 g/mol. The molecule has 8 aromatic rings. The van der Waals surface area contributed by atoms with Gasteiger partial charge >= 0.3 is 0 Å². The smallest absolute Gasteiger partial charge is 0.135 e. The van der Waals surface area contributed by atoms with Crippen molar-refractivity contribution in [3.05, 3.63) is 148 Å². The molecule has 3 heterocycles. The summed E-state index contributed by atoms with van der Waals surface area (Å²) in [5.41, 5.74) is 9.56. The van der Waals surface area contributed by atoms with E-state index >= 15 is 0 Å². The fourth-order valence-electron chi connectivity index (χ4n) is 7.49. The van der Waals surface area contributed by atoms with Crippen LogP contribution in [0.1, 0.15) is 47.4 Å². The Morgan fingerprint density at radius 1 is 0.723 bits per heavy atom. The molecular weight excluding hydrogens is 660 g/mol. The summed E-state index contributed by atoms with van der Waals surface area (Å²) >= 11 is 5.61. The lowest BCUT2D eigenvalue weighted by Crippen LogP contribution is -2.24. The van der Waals surface area contributed by atoms with E-state index < -0.39 is 0 Å². The summed E-state index contributed by atoms with van der Waals surface area (Å²) in [6.45, 7) is 2.31. The van der Waals surface area contributed by atoms with Gasteiger partial charge in [0.1, 0.15) is 16.2 Å². The zero-order valence-corrected chi connectivity index (χ0v) is 27.9. The molecule has 2 atom stereocenters. The van der Waals surface area contributed by atoms with Crippen LogP contribution in [-0.4, -0.2) is 5.71 Å². The van der Waals surface area contributed by atoms with Crippen molar-refractivity contribution in [3.8, 4) is 17.2 Å². The van der Waals surface area contributed by atoms with Gasteiger partial charge in [-0.2, -0.15) is 5.26 Å². The molecule has 5 heteroatoms. The second kappa shape index (κ2) is 11.1. The number of thiophene rings is 1. The van der Waals surface area contributed by atoms with Crippen molar-refractivity contribution >= 4 is 80.8 Å². The van der Waals surface area contributed by atoms with Gasteiger partial charge in [-0.15, -0.1) is 11.3 Å². The van der Waals surface area contributed by atoms with E-state index in [1.807, 2.05) is 36.4 Å². The summed E-state index contributed by atoms with van der Waals surface area (Å²) in [5, 5.41) is 16.4. The van der Waals surface area contributed by atoms with E-state index in [0.29, 0.717) is 5.56 Å². The Morgan fingerprint density at radius 3 is 2.23 bits per heavy atom. The summed E-state index contributed by atoms with van der Waals surface area (Å²) in [5.74, 6) is 0.251. The van der Waals surface area contributed by atoms with Crippen LogP contribution in [0.25, 0.3) is 53.9 Å². The minimum atomic E-state index is 0.0393. The van der Waals surface area contributed by atoms with E-state index in [-0.39, 0.29) is 11.8 Å². The third-order valence-electron chi connectivity index (χ3n) is 9.70. The SMILES string of the molecule is CCC1c2c(sc3ccc(-c4ccc(C#N)cc4)cc23)N=C(c2ccc3oc4ccccc4c3c2)C1c1ccc(Br)c2ccccc12. The Morgan fingerprint density at radius 2 is 1.43 bits per heavy atom. The normalized spacial score (nSPS) is 16.1. The Hall–Kier alpha value is -5.02. The minimum Gasteiger partial charge on any atom is -0.456 e. The molecule has 224 valence electrons. The molecule has 0 saturated heterocycles. The molecule has 47 heavy (non-hydrogen) atoms. The van der Waals surface area contributed by atoms with Crippen molar-refractivity contribution in [2.75, 3.05) is 0 Å². The van der Waals surface area contributed by atoms with Gasteiger partial charge in [0.2, 0.25) is 0 Å². The Balaban J connectivity index is 1.31. The number of furan rings is 1. The molecule has 0 radical (unpaired) electrons. The maximum Gasteiger partial charge on any atom is 0.135 e. The first-order valence-electron chi connectivity index (χ1n) is 15.9. The lowest BCUT2D eigenvalue weighted by molar-refractivity contribution is 0.623. The van der Waals surface area contributed by atoms with Crippen LogP contribution in [0.3, 0.4) is 0 Å². The van der Waals surface area contributed by atoms with Crippen LogP contribution in [-0.2, 0) is 0 Å².